The molecule has 1 heterocycles. The Morgan fingerprint density at radius 3 is 2.33 bits per heavy atom. The van der Waals surface area contributed by atoms with Crippen LogP contribution in [0.4, 0.5) is 4.39 Å². The number of hydrogen-bond acceptors (Lipinski definition) is 1. The molecule has 1 fully saturated rings. The highest BCUT2D eigenvalue weighted by molar-refractivity contribution is 5.17. The van der Waals surface area contributed by atoms with E-state index in [-0.39, 0.29) is 5.82 Å². The van der Waals surface area contributed by atoms with E-state index in [1.807, 2.05) is 12.1 Å². The van der Waals surface area contributed by atoms with Crippen molar-refractivity contribution in [2.45, 2.75) is 32.2 Å². The number of benzene rings is 1. The summed E-state index contributed by atoms with van der Waals surface area (Å²) in [7, 11) is 0. The Labute approximate surface area is 90.9 Å². The van der Waals surface area contributed by atoms with Gasteiger partial charge in [0.15, 0.2) is 0 Å². The zero-order valence-corrected chi connectivity index (χ0v) is 9.08. The molecule has 1 aromatic rings. The monoisotopic (exact) mass is 207 g/mol. The molecule has 0 aliphatic carbocycles. The molecule has 0 radical (unpaired) electrons. The van der Waals surface area contributed by atoms with E-state index in [2.05, 4.69) is 4.90 Å². The highest BCUT2D eigenvalue weighted by atomic mass is 19.1. The molecule has 0 aromatic heterocycles. The van der Waals surface area contributed by atoms with Crippen molar-refractivity contribution in [3.63, 3.8) is 0 Å². The van der Waals surface area contributed by atoms with Gasteiger partial charge >= 0.3 is 0 Å². The van der Waals surface area contributed by atoms with Crippen LogP contribution in [0.15, 0.2) is 24.3 Å². The van der Waals surface area contributed by atoms with Crippen LogP contribution < -0.4 is 0 Å². The first kappa shape index (κ1) is 10.6. The van der Waals surface area contributed by atoms with Crippen molar-refractivity contribution in [1.82, 2.24) is 4.90 Å². The van der Waals surface area contributed by atoms with E-state index in [0.717, 1.165) is 25.2 Å². The van der Waals surface area contributed by atoms with E-state index in [9.17, 15) is 4.39 Å². The van der Waals surface area contributed by atoms with E-state index in [1.54, 1.807) is 12.1 Å². The molecule has 1 nitrogen and oxygen atoms in total. The molecule has 1 saturated heterocycles. The summed E-state index contributed by atoms with van der Waals surface area (Å²) in [6.45, 7) is 3.01. The number of nitrogens with zero attached hydrogens (tertiary/aromatic N) is 1. The zero-order valence-electron chi connectivity index (χ0n) is 9.08. The second-order valence-electron chi connectivity index (χ2n) is 4.28. The highest BCUT2D eigenvalue weighted by Gasteiger charge is 2.10. The van der Waals surface area contributed by atoms with Gasteiger partial charge in [-0.15, -0.1) is 0 Å². The van der Waals surface area contributed by atoms with E-state index in [0.29, 0.717) is 0 Å². The van der Waals surface area contributed by atoms with Crippen LogP contribution in [-0.4, -0.2) is 18.0 Å². The third-order valence-corrected chi connectivity index (χ3v) is 3.05. The van der Waals surface area contributed by atoms with Gasteiger partial charge in [-0.25, -0.2) is 4.39 Å². The summed E-state index contributed by atoms with van der Waals surface area (Å²) in [5.41, 5.74) is 0.833. The minimum absolute atomic E-state index is 0.0678. The van der Waals surface area contributed by atoms with Gasteiger partial charge in [0.1, 0.15) is 5.82 Å². The van der Waals surface area contributed by atoms with Crippen LogP contribution in [0.1, 0.15) is 31.2 Å². The Balaban J connectivity index is 1.98. The lowest BCUT2D eigenvalue weighted by atomic mass is 10.2. The van der Waals surface area contributed by atoms with Crippen LogP contribution >= 0.6 is 0 Å². The largest absolute Gasteiger partial charge is 0.299 e. The Morgan fingerprint density at radius 1 is 1.00 bits per heavy atom. The average Bonchev–Trinajstić information content (AvgIpc) is 2.50. The van der Waals surface area contributed by atoms with Gasteiger partial charge in [0.25, 0.3) is 0 Å². The molecule has 2 heteroatoms. The SMILES string of the molecule is Fc1ccccc1CN1CCCCCC1. The summed E-state index contributed by atoms with van der Waals surface area (Å²) in [6, 6.07) is 7.10. The molecule has 1 aliphatic heterocycles. The van der Waals surface area contributed by atoms with Gasteiger partial charge in [0, 0.05) is 12.1 Å². The minimum atomic E-state index is -0.0678. The average molecular weight is 207 g/mol. The topological polar surface area (TPSA) is 3.24 Å². The fourth-order valence-corrected chi connectivity index (χ4v) is 2.16. The molecule has 1 aliphatic rings. The first-order chi connectivity index (χ1) is 7.36. The third-order valence-electron chi connectivity index (χ3n) is 3.05. The maximum atomic E-state index is 13.4. The number of halogens is 1. The lowest BCUT2D eigenvalue weighted by Gasteiger charge is -2.19. The Bertz CT molecular complexity index is 303. The van der Waals surface area contributed by atoms with Crippen molar-refractivity contribution in [1.29, 1.82) is 0 Å². The van der Waals surface area contributed by atoms with E-state index in [1.165, 1.54) is 25.7 Å². The summed E-state index contributed by atoms with van der Waals surface area (Å²) in [6.07, 6.45) is 5.17. The maximum absolute atomic E-state index is 13.4. The van der Waals surface area contributed by atoms with Crippen LogP contribution in [-0.2, 0) is 6.54 Å². The molecule has 0 N–H and O–H groups in total. The van der Waals surface area contributed by atoms with Gasteiger partial charge in [-0.3, -0.25) is 4.90 Å². The minimum Gasteiger partial charge on any atom is -0.299 e. The van der Waals surface area contributed by atoms with Gasteiger partial charge in [0.2, 0.25) is 0 Å². The molecule has 0 saturated carbocycles. The van der Waals surface area contributed by atoms with E-state index in [4.69, 9.17) is 0 Å². The van der Waals surface area contributed by atoms with Crippen LogP contribution in [0.2, 0.25) is 0 Å². The zero-order chi connectivity index (χ0) is 10.5. The van der Waals surface area contributed by atoms with Crippen LogP contribution in [0.3, 0.4) is 0 Å². The fourth-order valence-electron chi connectivity index (χ4n) is 2.16. The van der Waals surface area contributed by atoms with Crippen molar-refractivity contribution >= 4 is 0 Å². The first-order valence-corrected chi connectivity index (χ1v) is 5.82. The normalized spacial score (nSPS) is 18.7. The van der Waals surface area contributed by atoms with Gasteiger partial charge in [-0.2, -0.15) is 0 Å². The van der Waals surface area contributed by atoms with E-state index >= 15 is 0 Å². The van der Waals surface area contributed by atoms with Gasteiger partial charge in [-0.1, -0.05) is 31.0 Å². The molecule has 2 rings (SSSR count). The van der Waals surface area contributed by atoms with Crippen LogP contribution in [0, 0.1) is 5.82 Å². The molecular formula is C13H18FN. The van der Waals surface area contributed by atoms with Crippen molar-refractivity contribution < 1.29 is 4.39 Å². The molecule has 0 bridgehead atoms. The standard InChI is InChI=1S/C13H18FN/c14-13-8-4-3-7-12(13)11-15-9-5-1-2-6-10-15/h3-4,7-8H,1-2,5-6,9-11H2. The summed E-state index contributed by atoms with van der Waals surface area (Å²) >= 11 is 0. The molecule has 0 unspecified atom stereocenters. The van der Waals surface area contributed by atoms with Gasteiger partial charge < -0.3 is 0 Å². The third kappa shape index (κ3) is 3.03. The molecule has 1 aromatic carbocycles. The Kier molecular flexibility index (Phi) is 3.73. The van der Waals surface area contributed by atoms with E-state index < -0.39 is 0 Å². The Morgan fingerprint density at radius 2 is 1.67 bits per heavy atom. The first-order valence-electron chi connectivity index (χ1n) is 5.82. The summed E-state index contributed by atoms with van der Waals surface area (Å²) < 4.78 is 13.4. The van der Waals surface area contributed by atoms with Crippen molar-refractivity contribution in [3.8, 4) is 0 Å². The second kappa shape index (κ2) is 5.26. The van der Waals surface area contributed by atoms with Crippen molar-refractivity contribution in [2.24, 2.45) is 0 Å². The number of rotatable bonds is 2. The molecular weight excluding hydrogens is 189 g/mol. The lowest BCUT2D eigenvalue weighted by Crippen LogP contribution is -2.24. The molecule has 82 valence electrons. The molecule has 15 heavy (non-hydrogen) atoms. The van der Waals surface area contributed by atoms with Crippen molar-refractivity contribution in [2.75, 3.05) is 13.1 Å². The molecule has 0 amide bonds. The molecule has 0 spiro atoms. The van der Waals surface area contributed by atoms with Gasteiger partial charge in [0.05, 0.1) is 0 Å². The van der Waals surface area contributed by atoms with Crippen LogP contribution in [0.5, 0.6) is 0 Å². The highest BCUT2D eigenvalue weighted by Crippen LogP contribution is 2.14. The second-order valence-corrected chi connectivity index (χ2v) is 4.28. The van der Waals surface area contributed by atoms with Crippen LogP contribution in [0.25, 0.3) is 0 Å². The Hall–Kier alpha value is -0.890. The smallest absolute Gasteiger partial charge is 0.127 e. The predicted octanol–water partition coefficient (Wildman–Crippen LogP) is 3.20. The lowest BCUT2D eigenvalue weighted by molar-refractivity contribution is 0.273. The molecule has 0 atom stereocenters. The van der Waals surface area contributed by atoms with Gasteiger partial charge in [-0.05, 0) is 32.0 Å². The summed E-state index contributed by atoms with van der Waals surface area (Å²) in [5.74, 6) is -0.0678. The summed E-state index contributed by atoms with van der Waals surface area (Å²) in [4.78, 5) is 2.37. The predicted molar refractivity (Wildman–Crippen MR) is 60.1 cm³/mol. The summed E-state index contributed by atoms with van der Waals surface area (Å²) in [5, 5.41) is 0. The fraction of sp³-hybridized carbons (Fsp3) is 0.538. The maximum Gasteiger partial charge on any atom is 0.127 e. The number of likely N-dealkylation sites (tertiary alicyclic amines) is 1. The van der Waals surface area contributed by atoms with Crippen molar-refractivity contribution in [3.05, 3.63) is 35.6 Å². The number of hydrogen-bond donors (Lipinski definition) is 0. The quantitative estimate of drug-likeness (QED) is 0.719.